The number of aromatic carboxylic acids is 1. The second-order valence-corrected chi connectivity index (χ2v) is 5.12. The van der Waals surface area contributed by atoms with Crippen molar-refractivity contribution in [1.29, 1.82) is 0 Å². The van der Waals surface area contributed by atoms with Gasteiger partial charge in [-0.15, -0.1) is 0 Å². The Morgan fingerprint density at radius 1 is 1.17 bits per heavy atom. The molecule has 0 aliphatic rings. The monoisotopic (exact) mass is 308 g/mol. The Labute approximate surface area is 133 Å². The number of rotatable bonds is 4. The zero-order valence-electron chi connectivity index (χ0n) is 12.9. The van der Waals surface area contributed by atoms with Crippen molar-refractivity contribution < 1.29 is 19.1 Å². The highest BCUT2D eigenvalue weighted by Crippen LogP contribution is 2.31. The highest BCUT2D eigenvalue weighted by molar-refractivity contribution is 5.94. The minimum atomic E-state index is -0.960. The first-order valence-electron chi connectivity index (χ1n) is 7.20. The lowest BCUT2D eigenvalue weighted by molar-refractivity contribution is 0.0696. The van der Waals surface area contributed by atoms with Gasteiger partial charge in [-0.2, -0.15) is 0 Å². The first-order valence-corrected chi connectivity index (χ1v) is 7.20. The average Bonchev–Trinajstić information content (AvgIpc) is 2.98. The number of methoxy groups -OCH3 is 1. The maximum atomic E-state index is 11.5. The molecule has 3 rings (SSSR count). The van der Waals surface area contributed by atoms with Crippen molar-refractivity contribution >= 4 is 23.0 Å². The summed E-state index contributed by atoms with van der Waals surface area (Å²) in [5.74, 6) is 0.383. The summed E-state index contributed by atoms with van der Waals surface area (Å²) >= 11 is 0. The first-order chi connectivity index (χ1) is 11.1. The van der Waals surface area contributed by atoms with Gasteiger partial charge < -0.3 is 14.3 Å². The molecule has 1 heterocycles. The van der Waals surface area contributed by atoms with Crippen LogP contribution in [0.4, 0.5) is 0 Å². The van der Waals surface area contributed by atoms with Crippen molar-refractivity contribution in [2.45, 2.75) is 6.92 Å². The Hall–Kier alpha value is -3.01. The molecule has 23 heavy (non-hydrogen) atoms. The molecule has 0 aliphatic heterocycles. The Morgan fingerprint density at radius 2 is 2.00 bits per heavy atom. The van der Waals surface area contributed by atoms with E-state index in [0.717, 1.165) is 10.9 Å². The molecular weight excluding hydrogens is 292 g/mol. The van der Waals surface area contributed by atoms with Gasteiger partial charge in [-0.25, -0.2) is 4.79 Å². The Morgan fingerprint density at radius 3 is 2.70 bits per heavy atom. The lowest BCUT2D eigenvalue weighted by Crippen LogP contribution is -1.99. The van der Waals surface area contributed by atoms with Gasteiger partial charge in [0.15, 0.2) is 0 Å². The normalized spacial score (nSPS) is 11.2. The molecular formula is C19H16O4. The number of benzene rings is 2. The summed E-state index contributed by atoms with van der Waals surface area (Å²) in [6, 6.07) is 12.7. The lowest BCUT2D eigenvalue weighted by Gasteiger charge is -2.04. The molecule has 2 aromatic carbocycles. The van der Waals surface area contributed by atoms with Gasteiger partial charge in [0.2, 0.25) is 0 Å². The highest BCUT2D eigenvalue weighted by Gasteiger charge is 2.13. The van der Waals surface area contributed by atoms with E-state index in [1.807, 2.05) is 43.3 Å². The van der Waals surface area contributed by atoms with E-state index in [-0.39, 0.29) is 5.56 Å². The fourth-order valence-corrected chi connectivity index (χ4v) is 2.50. The second kappa shape index (κ2) is 6.01. The van der Waals surface area contributed by atoms with E-state index in [0.29, 0.717) is 22.7 Å². The van der Waals surface area contributed by atoms with E-state index < -0.39 is 5.97 Å². The molecule has 0 fully saturated rings. The number of furan rings is 1. The van der Waals surface area contributed by atoms with Crippen LogP contribution in [0.2, 0.25) is 0 Å². The molecule has 4 heteroatoms. The van der Waals surface area contributed by atoms with Crippen LogP contribution in [0, 0.1) is 0 Å². The van der Waals surface area contributed by atoms with E-state index in [1.54, 1.807) is 25.3 Å². The number of fused-ring (bicyclic) bond motifs is 1. The first kappa shape index (κ1) is 14.9. The van der Waals surface area contributed by atoms with Gasteiger partial charge >= 0.3 is 5.97 Å². The van der Waals surface area contributed by atoms with E-state index in [2.05, 4.69) is 0 Å². The number of carboxylic acid groups (broad SMARTS) is 1. The average molecular weight is 308 g/mol. The number of hydrogen-bond donors (Lipinski definition) is 1. The van der Waals surface area contributed by atoms with E-state index in [9.17, 15) is 9.90 Å². The fraction of sp³-hybridized carbons (Fsp3) is 0.105. The van der Waals surface area contributed by atoms with E-state index in [4.69, 9.17) is 9.15 Å². The number of hydrogen-bond acceptors (Lipinski definition) is 3. The molecule has 0 amide bonds. The van der Waals surface area contributed by atoms with Gasteiger partial charge in [0, 0.05) is 17.0 Å². The molecule has 0 radical (unpaired) electrons. The molecule has 0 unspecified atom stereocenters. The second-order valence-electron chi connectivity index (χ2n) is 5.12. The fourth-order valence-electron chi connectivity index (χ4n) is 2.50. The molecule has 0 saturated heterocycles. The standard InChI is InChI=1S/C19H16O4/c1-3-4-12-5-6-13(9-16(12)19(20)21)17-10-14-7-8-15(22-2)11-18(14)23-17/h3-11H,1-2H3,(H,20,21). The molecule has 4 nitrogen and oxygen atoms in total. The van der Waals surface area contributed by atoms with Gasteiger partial charge in [-0.1, -0.05) is 24.3 Å². The van der Waals surface area contributed by atoms with Crippen molar-refractivity contribution in [3.05, 3.63) is 59.7 Å². The van der Waals surface area contributed by atoms with Crippen LogP contribution in [0.5, 0.6) is 5.75 Å². The van der Waals surface area contributed by atoms with Gasteiger partial charge in [0.05, 0.1) is 12.7 Å². The van der Waals surface area contributed by atoms with Crippen LogP contribution in [0.3, 0.4) is 0 Å². The molecule has 0 bridgehead atoms. The number of ether oxygens (including phenoxy) is 1. The van der Waals surface area contributed by atoms with Crippen LogP contribution < -0.4 is 4.74 Å². The summed E-state index contributed by atoms with van der Waals surface area (Å²) in [4.78, 5) is 11.5. The Kier molecular flexibility index (Phi) is 3.89. The Balaban J connectivity index is 2.11. The zero-order valence-corrected chi connectivity index (χ0v) is 12.9. The summed E-state index contributed by atoms with van der Waals surface area (Å²) in [5, 5.41) is 10.3. The van der Waals surface area contributed by atoms with Crippen LogP contribution >= 0.6 is 0 Å². The van der Waals surface area contributed by atoms with Crippen LogP contribution in [0.1, 0.15) is 22.8 Å². The van der Waals surface area contributed by atoms with Crippen molar-refractivity contribution in [1.82, 2.24) is 0 Å². The van der Waals surface area contributed by atoms with Gasteiger partial charge in [-0.05, 0) is 36.8 Å². The maximum absolute atomic E-state index is 11.5. The highest BCUT2D eigenvalue weighted by atomic mass is 16.5. The molecule has 0 aliphatic carbocycles. The number of carboxylic acids is 1. The topological polar surface area (TPSA) is 59.7 Å². The lowest BCUT2D eigenvalue weighted by atomic mass is 10.0. The van der Waals surface area contributed by atoms with Crippen LogP contribution in [-0.2, 0) is 0 Å². The van der Waals surface area contributed by atoms with Crippen molar-refractivity contribution in [3.8, 4) is 17.1 Å². The van der Waals surface area contributed by atoms with Gasteiger partial charge in [0.1, 0.15) is 17.1 Å². The van der Waals surface area contributed by atoms with Crippen molar-refractivity contribution in [2.24, 2.45) is 0 Å². The van der Waals surface area contributed by atoms with Crippen molar-refractivity contribution in [2.75, 3.05) is 7.11 Å². The maximum Gasteiger partial charge on any atom is 0.336 e. The quantitative estimate of drug-likeness (QED) is 0.749. The summed E-state index contributed by atoms with van der Waals surface area (Å²) in [7, 11) is 1.60. The van der Waals surface area contributed by atoms with E-state index in [1.165, 1.54) is 0 Å². The smallest absolute Gasteiger partial charge is 0.336 e. The van der Waals surface area contributed by atoms with Gasteiger partial charge in [-0.3, -0.25) is 0 Å². The van der Waals surface area contributed by atoms with Gasteiger partial charge in [0.25, 0.3) is 0 Å². The molecule has 1 N–H and O–H groups in total. The van der Waals surface area contributed by atoms with Crippen LogP contribution in [0.15, 0.2) is 53.0 Å². The summed E-state index contributed by atoms with van der Waals surface area (Å²) in [6.45, 7) is 1.85. The predicted molar refractivity (Wildman–Crippen MR) is 89.9 cm³/mol. The third kappa shape index (κ3) is 2.83. The minimum Gasteiger partial charge on any atom is -0.497 e. The molecule has 0 spiro atoms. The van der Waals surface area contributed by atoms with E-state index >= 15 is 0 Å². The summed E-state index contributed by atoms with van der Waals surface area (Å²) in [6.07, 6.45) is 3.59. The molecule has 1 aromatic heterocycles. The Bertz CT molecular complexity index is 903. The minimum absolute atomic E-state index is 0.249. The number of allylic oxidation sites excluding steroid dienone is 1. The van der Waals surface area contributed by atoms with Crippen LogP contribution in [-0.4, -0.2) is 18.2 Å². The third-order valence-electron chi connectivity index (χ3n) is 3.64. The molecule has 0 saturated carbocycles. The largest absolute Gasteiger partial charge is 0.497 e. The zero-order chi connectivity index (χ0) is 16.4. The third-order valence-corrected chi connectivity index (χ3v) is 3.64. The molecule has 116 valence electrons. The number of carbonyl (C=O) groups is 1. The molecule has 3 aromatic rings. The summed E-state index contributed by atoms with van der Waals surface area (Å²) < 4.78 is 11.0. The predicted octanol–water partition coefficient (Wildman–Crippen LogP) is 4.84. The molecule has 0 atom stereocenters. The van der Waals surface area contributed by atoms with Crippen LogP contribution in [0.25, 0.3) is 28.4 Å². The summed E-state index contributed by atoms with van der Waals surface area (Å²) in [5.41, 5.74) is 2.35. The van der Waals surface area contributed by atoms with Crippen molar-refractivity contribution in [3.63, 3.8) is 0 Å². The SMILES string of the molecule is CC=Cc1ccc(-c2cc3ccc(OC)cc3o2)cc1C(=O)O.